The van der Waals surface area contributed by atoms with Crippen LogP contribution in [0.15, 0.2) is 24.3 Å². The molecule has 0 heterocycles. The largest absolute Gasteiger partial charge is 0.488 e. The molecule has 1 aromatic carbocycles. The molecule has 20 heavy (non-hydrogen) atoms. The Hall–Kier alpha value is -1.22. The number of benzene rings is 1. The van der Waals surface area contributed by atoms with Gasteiger partial charge in [0.1, 0.15) is 12.7 Å². The number of sulfonamides is 1. The van der Waals surface area contributed by atoms with Gasteiger partial charge in [0, 0.05) is 19.6 Å². The van der Waals surface area contributed by atoms with Crippen LogP contribution < -0.4 is 14.8 Å². The van der Waals surface area contributed by atoms with Gasteiger partial charge in [-0.1, -0.05) is 12.1 Å². The van der Waals surface area contributed by atoms with E-state index in [0.29, 0.717) is 6.54 Å². The lowest BCUT2D eigenvalue weighted by Gasteiger charge is -2.13. The van der Waals surface area contributed by atoms with Crippen molar-refractivity contribution in [1.82, 2.24) is 10.0 Å². The Bertz CT molecular complexity index is 510. The van der Waals surface area contributed by atoms with E-state index in [-0.39, 0.29) is 25.4 Å². The molecule has 3 N–H and O–H groups in total. The molecular weight excluding hydrogens is 287 g/mol. The van der Waals surface area contributed by atoms with Crippen LogP contribution in [0.3, 0.4) is 0 Å². The first kappa shape index (κ1) is 16.8. The van der Waals surface area contributed by atoms with Crippen LogP contribution in [0.1, 0.15) is 0 Å². The molecule has 0 fully saturated rings. The summed E-state index contributed by atoms with van der Waals surface area (Å²) < 4.78 is 42.2. The van der Waals surface area contributed by atoms with Crippen LogP contribution in [-0.4, -0.2) is 52.1 Å². The topological polar surface area (TPSA) is 87.7 Å². The predicted octanol–water partition coefficient (Wildman–Crippen LogP) is -0.296. The highest BCUT2D eigenvalue weighted by Gasteiger charge is 2.07. The second-order valence-corrected chi connectivity index (χ2v) is 6.10. The van der Waals surface area contributed by atoms with Crippen molar-refractivity contribution in [2.75, 3.05) is 32.5 Å². The molecule has 0 radical (unpaired) electrons. The third kappa shape index (κ3) is 7.39. The fourth-order valence-corrected chi connectivity index (χ4v) is 1.87. The SMILES string of the molecule is CS(=O)(=O)NCCNCC(O)COc1ccccc1F. The fourth-order valence-electron chi connectivity index (χ4n) is 1.40. The molecule has 0 amide bonds. The van der Waals surface area contributed by atoms with Crippen molar-refractivity contribution >= 4 is 10.0 Å². The monoisotopic (exact) mass is 306 g/mol. The van der Waals surface area contributed by atoms with E-state index < -0.39 is 21.9 Å². The minimum atomic E-state index is -3.19. The number of para-hydroxylation sites is 1. The summed E-state index contributed by atoms with van der Waals surface area (Å²) in [5, 5.41) is 12.5. The van der Waals surface area contributed by atoms with Crippen molar-refractivity contribution in [3.8, 4) is 5.75 Å². The van der Waals surface area contributed by atoms with Crippen molar-refractivity contribution < 1.29 is 22.7 Å². The van der Waals surface area contributed by atoms with Crippen LogP contribution in [0, 0.1) is 5.82 Å². The zero-order valence-electron chi connectivity index (χ0n) is 11.2. The minimum Gasteiger partial charge on any atom is -0.488 e. The van der Waals surface area contributed by atoms with E-state index in [4.69, 9.17) is 4.74 Å². The summed E-state index contributed by atoms with van der Waals surface area (Å²) >= 11 is 0. The van der Waals surface area contributed by atoms with Gasteiger partial charge in [0.15, 0.2) is 11.6 Å². The molecule has 1 atom stereocenters. The highest BCUT2D eigenvalue weighted by Crippen LogP contribution is 2.15. The van der Waals surface area contributed by atoms with Gasteiger partial charge < -0.3 is 15.2 Å². The standard InChI is InChI=1S/C12H19FN2O4S/c1-20(17,18)15-7-6-14-8-10(16)9-19-12-5-3-2-4-11(12)13/h2-5,10,14-16H,6-9H2,1H3. The van der Waals surface area contributed by atoms with E-state index in [1.807, 2.05) is 0 Å². The Labute approximate surface area is 118 Å². The number of nitrogens with one attached hydrogen (secondary N) is 2. The van der Waals surface area contributed by atoms with Gasteiger partial charge in [0.25, 0.3) is 0 Å². The summed E-state index contributed by atoms with van der Waals surface area (Å²) in [5.74, 6) is -0.393. The zero-order valence-corrected chi connectivity index (χ0v) is 12.0. The zero-order chi connectivity index (χ0) is 15.0. The lowest BCUT2D eigenvalue weighted by atomic mass is 10.3. The second kappa shape index (κ2) is 8.15. The Balaban J connectivity index is 2.15. The maximum Gasteiger partial charge on any atom is 0.208 e. The third-order valence-corrected chi connectivity index (χ3v) is 3.04. The number of halogens is 1. The fraction of sp³-hybridized carbons (Fsp3) is 0.500. The summed E-state index contributed by atoms with van der Waals surface area (Å²) in [7, 11) is -3.19. The molecule has 0 saturated heterocycles. The second-order valence-electron chi connectivity index (χ2n) is 4.27. The van der Waals surface area contributed by atoms with Gasteiger partial charge in [-0.15, -0.1) is 0 Å². The molecule has 0 aliphatic carbocycles. The van der Waals surface area contributed by atoms with Gasteiger partial charge in [0.05, 0.1) is 6.26 Å². The lowest BCUT2D eigenvalue weighted by Crippen LogP contribution is -2.36. The first-order valence-electron chi connectivity index (χ1n) is 6.09. The summed E-state index contributed by atoms with van der Waals surface area (Å²) in [6, 6.07) is 5.94. The normalized spacial score (nSPS) is 13.2. The molecule has 1 aromatic rings. The lowest BCUT2D eigenvalue weighted by molar-refractivity contribution is 0.104. The summed E-state index contributed by atoms with van der Waals surface area (Å²) in [6.45, 7) is 0.789. The number of aliphatic hydroxyl groups excluding tert-OH is 1. The van der Waals surface area contributed by atoms with E-state index in [1.54, 1.807) is 12.1 Å². The van der Waals surface area contributed by atoms with Crippen LogP contribution >= 0.6 is 0 Å². The van der Waals surface area contributed by atoms with Gasteiger partial charge in [0.2, 0.25) is 10.0 Å². The Kier molecular flexibility index (Phi) is 6.86. The van der Waals surface area contributed by atoms with Crippen molar-refractivity contribution in [1.29, 1.82) is 0 Å². The van der Waals surface area contributed by atoms with Crippen molar-refractivity contribution in [3.63, 3.8) is 0 Å². The number of hydrogen-bond donors (Lipinski definition) is 3. The molecule has 0 bridgehead atoms. The average Bonchev–Trinajstić information content (AvgIpc) is 2.36. The number of aliphatic hydroxyl groups is 1. The van der Waals surface area contributed by atoms with Gasteiger partial charge in [-0.2, -0.15) is 0 Å². The summed E-state index contributed by atoms with van der Waals surface area (Å²) in [5.41, 5.74) is 0. The number of ether oxygens (including phenoxy) is 1. The Morgan fingerprint density at radius 2 is 2.05 bits per heavy atom. The van der Waals surface area contributed by atoms with Crippen LogP contribution in [0.2, 0.25) is 0 Å². The maximum atomic E-state index is 13.2. The van der Waals surface area contributed by atoms with Gasteiger partial charge in [-0.05, 0) is 12.1 Å². The molecule has 0 aromatic heterocycles. The highest BCUT2D eigenvalue weighted by molar-refractivity contribution is 7.88. The van der Waals surface area contributed by atoms with Crippen LogP contribution in [-0.2, 0) is 10.0 Å². The molecular formula is C12H19FN2O4S. The van der Waals surface area contributed by atoms with Crippen LogP contribution in [0.5, 0.6) is 5.75 Å². The predicted molar refractivity (Wildman–Crippen MR) is 73.6 cm³/mol. The molecule has 0 saturated carbocycles. The third-order valence-electron chi connectivity index (χ3n) is 2.31. The maximum absolute atomic E-state index is 13.2. The van der Waals surface area contributed by atoms with Crippen molar-refractivity contribution in [2.45, 2.75) is 6.10 Å². The smallest absolute Gasteiger partial charge is 0.208 e. The van der Waals surface area contributed by atoms with Gasteiger partial charge in [-0.3, -0.25) is 0 Å². The van der Waals surface area contributed by atoms with Gasteiger partial charge >= 0.3 is 0 Å². The van der Waals surface area contributed by atoms with Crippen LogP contribution in [0.25, 0.3) is 0 Å². The summed E-state index contributed by atoms with van der Waals surface area (Å²) in [6.07, 6.45) is 0.261. The summed E-state index contributed by atoms with van der Waals surface area (Å²) in [4.78, 5) is 0. The molecule has 6 nitrogen and oxygen atoms in total. The van der Waals surface area contributed by atoms with Crippen molar-refractivity contribution in [3.05, 3.63) is 30.1 Å². The number of rotatable bonds is 9. The average molecular weight is 306 g/mol. The molecule has 0 aliphatic rings. The molecule has 0 aliphatic heterocycles. The minimum absolute atomic E-state index is 0.0482. The molecule has 0 spiro atoms. The quantitative estimate of drug-likeness (QED) is 0.546. The number of hydrogen-bond acceptors (Lipinski definition) is 5. The van der Waals surface area contributed by atoms with E-state index in [1.165, 1.54) is 12.1 Å². The molecule has 1 rings (SSSR count). The van der Waals surface area contributed by atoms with E-state index in [0.717, 1.165) is 6.26 Å². The van der Waals surface area contributed by atoms with Crippen LogP contribution in [0.4, 0.5) is 4.39 Å². The van der Waals surface area contributed by atoms with E-state index >= 15 is 0 Å². The highest BCUT2D eigenvalue weighted by atomic mass is 32.2. The Morgan fingerprint density at radius 1 is 1.35 bits per heavy atom. The van der Waals surface area contributed by atoms with E-state index in [2.05, 4.69) is 10.0 Å². The first-order valence-corrected chi connectivity index (χ1v) is 7.98. The van der Waals surface area contributed by atoms with Gasteiger partial charge in [-0.25, -0.2) is 17.5 Å². The first-order chi connectivity index (χ1) is 9.38. The molecule has 114 valence electrons. The van der Waals surface area contributed by atoms with E-state index in [9.17, 15) is 17.9 Å². The van der Waals surface area contributed by atoms with Crippen molar-refractivity contribution in [2.24, 2.45) is 0 Å². The Morgan fingerprint density at radius 3 is 2.70 bits per heavy atom. The molecule has 8 heteroatoms. The molecule has 1 unspecified atom stereocenters.